The summed E-state index contributed by atoms with van der Waals surface area (Å²) < 4.78 is 4.91. The van der Waals surface area contributed by atoms with Gasteiger partial charge in [-0.15, -0.1) is 0 Å². The number of hydrazone groups is 1. The first-order valence-corrected chi connectivity index (χ1v) is 5.15. The lowest BCUT2D eigenvalue weighted by molar-refractivity contribution is -0.136. The van der Waals surface area contributed by atoms with Crippen molar-refractivity contribution in [3.63, 3.8) is 0 Å². The van der Waals surface area contributed by atoms with Gasteiger partial charge < -0.3 is 15.7 Å². The molecule has 8 heteroatoms. The van der Waals surface area contributed by atoms with Crippen molar-refractivity contribution in [3.8, 4) is 0 Å². The van der Waals surface area contributed by atoms with E-state index in [0.717, 1.165) is 11.8 Å². The number of nitrogens with zero attached hydrogens (tertiary/aromatic N) is 2. The maximum Gasteiger partial charge on any atom is 0.360 e. The zero-order valence-electron chi connectivity index (χ0n) is 9.81. The number of ether oxygens (including phenoxy) is 1. The van der Waals surface area contributed by atoms with Crippen molar-refractivity contribution in [1.82, 2.24) is 5.43 Å². The minimum absolute atomic E-state index is 0.0224. The second-order valence-electron chi connectivity index (χ2n) is 3.28. The lowest BCUT2D eigenvalue weighted by Crippen LogP contribution is -2.29. The molecule has 0 radical (unpaired) electrons. The topological polar surface area (TPSA) is 126 Å². The van der Waals surface area contributed by atoms with Gasteiger partial charge in [-0.25, -0.2) is 15.0 Å². The number of benzene rings is 1. The number of rotatable bonds is 5. The molecule has 0 unspecified atom stereocenters. The molecule has 0 spiro atoms. The second-order valence-corrected chi connectivity index (χ2v) is 3.28. The van der Waals surface area contributed by atoms with Crippen LogP contribution in [0, 0.1) is 0 Å². The molecule has 2 amide bonds. The molecule has 1 aromatic rings. The smallest absolute Gasteiger partial charge is 0.360 e. The van der Waals surface area contributed by atoms with Crippen LogP contribution in [0.2, 0.25) is 0 Å². The first-order chi connectivity index (χ1) is 9.13. The monoisotopic (exact) mass is 264 g/mol. The minimum atomic E-state index is -0.959. The molecule has 100 valence electrons. The molecule has 1 aromatic carbocycles. The average Bonchev–Trinajstić information content (AvgIpc) is 2.41. The molecule has 0 bridgehead atoms. The number of oxime groups is 1. The highest BCUT2D eigenvalue weighted by Gasteiger charge is 2.12. The van der Waals surface area contributed by atoms with Gasteiger partial charge in [0.25, 0.3) is 0 Å². The van der Waals surface area contributed by atoms with Gasteiger partial charge in [0.15, 0.2) is 5.71 Å². The van der Waals surface area contributed by atoms with Crippen LogP contribution in [0.15, 0.2) is 40.6 Å². The van der Waals surface area contributed by atoms with E-state index < -0.39 is 17.7 Å². The van der Waals surface area contributed by atoms with Gasteiger partial charge in [-0.2, -0.15) is 5.10 Å². The highest BCUT2D eigenvalue weighted by molar-refractivity contribution is 6.59. The lowest BCUT2D eigenvalue weighted by Gasteiger charge is -2.04. The number of nitrogens with two attached hydrogens (primary N) is 1. The van der Waals surface area contributed by atoms with E-state index in [1.54, 1.807) is 24.3 Å². The first-order valence-electron chi connectivity index (χ1n) is 5.15. The van der Waals surface area contributed by atoms with Crippen molar-refractivity contribution in [2.45, 2.75) is 6.61 Å². The standard InChI is InChI=1S/C11H12N4O4/c12-11(17)15-14-9(6-13-18)10(16)19-7-8-4-2-1-3-5-8/h1-6,18H,7H2,(H3,12,15,17)/b13-6+,14-9+. The molecule has 0 aliphatic carbocycles. The zero-order valence-corrected chi connectivity index (χ0v) is 9.81. The summed E-state index contributed by atoms with van der Waals surface area (Å²) in [6, 6.07) is 7.99. The van der Waals surface area contributed by atoms with Gasteiger partial charge in [0.1, 0.15) is 12.8 Å². The summed E-state index contributed by atoms with van der Waals surface area (Å²) in [6.45, 7) is 0.0224. The number of amides is 2. The molecular weight excluding hydrogens is 252 g/mol. The van der Waals surface area contributed by atoms with Crippen LogP contribution in [0.4, 0.5) is 4.79 Å². The summed E-state index contributed by atoms with van der Waals surface area (Å²) >= 11 is 0. The highest BCUT2D eigenvalue weighted by Crippen LogP contribution is 2.00. The molecule has 0 saturated carbocycles. The Hall–Kier alpha value is -2.90. The van der Waals surface area contributed by atoms with E-state index in [1.165, 1.54) is 0 Å². The van der Waals surface area contributed by atoms with E-state index in [1.807, 2.05) is 11.5 Å². The third kappa shape index (κ3) is 5.31. The maximum atomic E-state index is 11.6. The summed E-state index contributed by atoms with van der Waals surface area (Å²) in [5.41, 5.74) is 7.00. The van der Waals surface area contributed by atoms with Crippen molar-refractivity contribution in [1.29, 1.82) is 0 Å². The van der Waals surface area contributed by atoms with Crippen LogP contribution in [-0.2, 0) is 16.1 Å². The van der Waals surface area contributed by atoms with E-state index in [-0.39, 0.29) is 6.61 Å². The van der Waals surface area contributed by atoms with Crippen LogP contribution in [0.1, 0.15) is 5.56 Å². The van der Waals surface area contributed by atoms with Gasteiger partial charge >= 0.3 is 12.0 Å². The number of carbonyl (C=O) groups excluding carboxylic acids is 2. The average molecular weight is 264 g/mol. The number of carbonyl (C=O) groups is 2. The van der Waals surface area contributed by atoms with Crippen LogP contribution in [0.25, 0.3) is 0 Å². The molecule has 0 aromatic heterocycles. The number of primary amides is 1. The van der Waals surface area contributed by atoms with Crippen molar-refractivity contribution in [2.75, 3.05) is 0 Å². The Morgan fingerprint density at radius 1 is 1.37 bits per heavy atom. The third-order valence-electron chi connectivity index (χ3n) is 1.89. The number of esters is 1. The number of hydrogen-bond donors (Lipinski definition) is 3. The minimum Gasteiger partial charge on any atom is -0.456 e. The van der Waals surface area contributed by atoms with Gasteiger partial charge in [0.05, 0.1) is 0 Å². The Morgan fingerprint density at radius 3 is 2.63 bits per heavy atom. The van der Waals surface area contributed by atoms with Crippen LogP contribution in [0.5, 0.6) is 0 Å². The Bertz CT molecular complexity index is 499. The SMILES string of the molecule is NC(=O)N/N=C(\C=N\O)C(=O)OCc1ccccc1. The molecule has 0 fully saturated rings. The molecule has 0 aliphatic heterocycles. The number of urea groups is 1. The van der Waals surface area contributed by atoms with Crippen molar-refractivity contribution < 1.29 is 19.5 Å². The number of nitrogens with one attached hydrogen (secondary N) is 1. The van der Waals surface area contributed by atoms with Crippen LogP contribution >= 0.6 is 0 Å². The largest absolute Gasteiger partial charge is 0.456 e. The molecule has 4 N–H and O–H groups in total. The highest BCUT2D eigenvalue weighted by atomic mass is 16.5. The van der Waals surface area contributed by atoms with Crippen LogP contribution in [-0.4, -0.2) is 29.1 Å². The van der Waals surface area contributed by atoms with Gasteiger partial charge in [-0.05, 0) is 5.56 Å². The normalized spacial score (nSPS) is 11.3. The first kappa shape index (κ1) is 14.2. The number of hydrogen-bond acceptors (Lipinski definition) is 6. The Morgan fingerprint density at radius 2 is 2.05 bits per heavy atom. The van der Waals surface area contributed by atoms with Crippen LogP contribution in [0.3, 0.4) is 0 Å². The fourth-order valence-corrected chi connectivity index (χ4v) is 1.09. The molecule has 0 atom stereocenters. The summed E-state index contributed by atoms with van der Waals surface area (Å²) in [7, 11) is 0. The lowest BCUT2D eigenvalue weighted by atomic mass is 10.2. The second kappa shape index (κ2) is 7.43. The van der Waals surface area contributed by atoms with E-state index >= 15 is 0 Å². The molecule has 0 saturated heterocycles. The quantitative estimate of drug-likeness (QED) is 0.304. The zero-order chi connectivity index (χ0) is 14.1. The predicted octanol–water partition coefficient (Wildman–Crippen LogP) is 0.214. The third-order valence-corrected chi connectivity index (χ3v) is 1.89. The fourth-order valence-electron chi connectivity index (χ4n) is 1.09. The molecular formula is C11H12N4O4. The van der Waals surface area contributed by atoms with Crippen molar-refractivity contribution in [3.05, 3.63) is 35.9 Å². The van der Waals surface area contributed by atoms with Crippen molar-refractivity contribution >= 4 is 23.9 Å². The molecule has 19 heavy (non-hydrogen) atoms. The Kier molecular flexibility index (Phi) is 5.54. The van der Waals surface area contributed by atoms with E-state index in [9.17, 15) is 9.59 Å². The summed E-state index contributed by atoms with van der Waals surface area (Å²) in [5.74, 6) is -0.865. The molecule has 0 heterocycles. The van der Waals surface area contributed by atoms with Gasteiger partial charge in [-0.1, -0.05) is 35.5 Å². The summed E-state index contributed by atoms with van der Waals surface area (Å²) in [6.07, 6.45) is 0.725. The van der Waals surface area contributed by atoms with E-state index in [0.29, 0.717) is 0 Å². The van der Waals surface area contributed by atoms with Gasteiger partial charge in [-0.3, -0.25) is 0 Å². The Balaban J connectivity index is 2.62. The molecule has 8 nitrogen and oxygen atoms in total. The molecule has 0 aliphatic rings. The van der Waals surface area contributed by atoms with E-state index in [2.05, 4.69) is 10.3 Å². The Labute approximate surface area is 108 Å². The van der Waals surface area contributed by atoms with Crippen molar-refractivity contribution in [2.24, 2.45) is 16.0 Å². The fraction of sp³-hybridized carbons (Fsp3) is 0.0909. The maximum absolute atomic E-state index is 11.6. The van der Waals surface area contributed by atoms with Gasteiger partial charge in [0.2, 0.25) is 0 Å². The predicted molar refractivity (Wildman–Crippen MR) is 66.7 cm³/mol. The van der Waals surface area contributed by atoms with Gasteiger partial charge in [0, 0.05) is 0 Å². The molecule has 1 rings (SSSR count). The van der Waals surface area contributed by atoms with E-state index in [4.69, 9.17) is 15.7 Å². The van der Waals surface area contributed by atoms with Crippen LogP contribution < -0.4 is 11.2 Å². The summed E-state index contributed by atoms with van der Waals surface area (Å²) in [5, 5.41) is 14.3. The summed E-state index contributed by atoms with van der Waals surface area (Å²) in [4.78, 5) is 22.0.